The second-order valence-electron chi connectivity index (χ2n) is 7.17. The van der Waals surface area contributed by atoms with Crippen molar-refractivity contribution in [3.05, 3.63) is 88.5 Å². The molecule has 0 aliphatic carbocycles. The summed E-state index contributed by atoms with van der Waals surface area (Å²) in [7, 11) is 1.86. The zero-order chi connectivity index (χ0) is 22.0. The summed E-state index contributed by atoms with van der Waals surface area (Å²) in [4.78, 5) is 25.4. The molecule has 0 saturated carbocycles. The fourth-order valence-corrected chi connectivity index (χ4v) is 4.21. The number of carbonyl (C=O) groups is 2. The molecule has 156 valence electrons. The summed E-state index contributed by atoms with van der Waals surface area (Å²) >= 11 is 3.57. The van der Waals surface area contributed by atoms with Gasteiger partial charge in [-0.3, -0.25) is 4.79 Å². The minimum Gasteiger partial charge on any atom is -0.339 e. The van der Waals surface area contributed by atoms with Gasteiger partial charge in [-0.25, -0.2) is 4.79 Å². The largest absolute Gasteiger partial charge is 0.339 e. The summed E-state index contributed by atoms with van der Waals surface area (Å²) in [6.07, 6.45) is 0. The van der Waals surface area contributed by atoms with Gasteiger partial charge in [0.15, 0.2) is 0 Å². The number of para-hydroxylation sites is 2. The van der Waals surface area contributed by atoms with E-state index >= 15 is 0 Å². The molecule has 1 aromatic heterocycles. The van der Waals surface area contributed by atoms with Crippen LogP contribution in [0.25, 0.3) is 10.9 Å². The average Bonchev–Trinajstić information content (AvgIpc) is 3.02. The number of fused-ring (bicyclic) bond motifs is 1. The van der Waals surface area contributed by atoms with E-state index < -0.39 is 0 Å². The Bertz CT molecular complexity index is 1240. The summed E-state index contributed by atoms with van der Waals surface area (Å²) in [6, 6.07) is 22.0. The molecule has 3 aromatic carbocycles. The Balaban J connectivity index is 1.54. The number of aryl methyl sites for hydroxylation is 2. The second kappa shape index (κ2) is 8.65. The highest BCUT2D eigenvalue weighted by atomic mass is 79.9. The fraction of sp³-hybridized carbons (Fsp3) is 0.0833. The van der Waals surface area contributed by atoms with Crippen LogP contribution >= 0.6 is 15.9 Å². The first kappa shape index (κ1) is 20.7. The molecule has 0 radical (unpaired) electrons. The molecule has 0 bridgehead atoms. The molecule has 0 fully saturated rings. The molecule has 3 amide bonds. The Hall–Kier alpha value is -3.58. The molecule has 0 spiro atoms. The van der Waals surface area contributed by atoms with E-state index in [1.807, 2.05) is 79.2 Å². The monoisotopic (exact) mass is 476 g/mol. The smallest absolute Gasteiger partial charge is 0.323 e. The van der Waals surface area contributed by atoms with Crippen LogP contribution in [0.3, 0.4) is 0 Å². The van der Waals surface area contributed by atoms with Crippen LogP contribution in [-0.2, 0) is 7.05 Å². The van der Waals surface area contributed by atoms with Gasteiger partial charge in [0.1, 0.15) is 5.69 Å². The number of carbonyl (C=O) groups excluding carboxylic acids is 2. The summed E-state index contributed by atoms with van der Waals surface area (Å²) in [5, 5.41) is 9.52. The summed E-state index contributed by atoms with van der Waals surface area (Å²) in [6.45, 7) is 1.90. The lowest BCUT2D eigenvalue weighted by molar-refractivity contribution is 0.101. The molecule has 3 N–H and O–H groups in total. The van der Waals surface area contributed by atoms with Crippen LogP contribution < -0.4 is 16.0 Å². The number of anilines is 3. The molecule has 6 nitrogen and oxygen atoms in total. The first-order valence-corrected chi connectivity index (χ1v) is 10.5. The number of halogens is 1. The number of nitrogens with one attached hydrogen (secondary N) is 3. The van der Waals surface area contributed by atoms with Gasteiger partial charge in [-0.1, -0.05) is 42.5 Å². The van der Waals surface area contributed by atoms with Crippen molar-refractivity contribution in [3.8, 4) is 0 Å². The lowest BCUT2D eigenvalue weighted by Gasteiger charge is -2.13. The molecule has 4 aromatic rings. The molecular formula is C24H21BrN4O2. The Kier molecular flexibility index (Phi) is 5.77. The van der Waals surface area contributed by atoms with Crippen molar-refractivity contribution in [1.29, 1.82) is 0 Å². The van der Waals surface area contributed by atoms with E-state index in [1.54, 1.807) is 12.1 Å². The highest BCUT2D eigenvalue weighted by Crippen LogP contribution is 2.31. The van der Waals surface area contributed by atoms with Gasteiger partial charge in [0, 0.05) is 35.0 Å². The average molecular weight is 477 g/mol. The zero-order valence-electron chi connectivity index (χ0n) is 17.1. The van der Waals surface area contributed by atoms with Crippen LogP contribution in [-0.4, -0.2) is 16.5 Å². The van der Waals surface area contributed by atoms with Crippen molar-refractivity contribution < 1.29 is 9.59 Å². The highest BCUT2D eigenvalue weighted by molar-refractivity contribution is 9.10. The van der Waals surface area contributed by atoms with Gasteiger partial charge in [0.05, 0.1) is 4.47 Å². The first-order valence-electron chi connectivity index (χ1n) is 9.72. The second-order valence-corrected chi connectivity index (χ2v) is 7.96. The SMILES string of the molecule is Cc1ccc(NC(=O)Nc2ccccc2)cc1NC(=O)c1c(Br)c2ccccc2n1C. The van der Waals surface area contributed by atoms with Crippen molar-refractivity contribution in [1.82, 2.24) is 4.57 Å². The third-order valence-electron chi connectivity index (χ3n) is 5.04. The van der Waals surface area contributed by atoms with Crippen LogP contribution in [0.15, 0.2) is 77.3 Å². The summed E-state index contributed by atoms with van der Waals surface area (Å²) in [5.74, 6) is -0.237. The molecular weight excluding hydrogens is 456 g/mol. The quantitative estimate of drug-likeness (QED) is 0.330. The predicted octanol–water partition coefficient (Wildman–Crippen LogP) is 6.15. The Morgan fingerprint density at radius 2 is 1.52 bits per heavy atom. The number of aromatic nitrogens is 1. The molecule has 0 unspecified atom stereocenters. The Labute approximate surface area is 188 Å². The van der Waals surface area contributed by atoms with Gasteiger partial charge in [-0.05, 0) is 58.7 Å². The van der Waals surface area contributed by atoms with Crippen LogP contribution in [0.4, 0.5) is 21.9 Å². The van der Waals surface area contributed by atoms with Crippen LogP contribution in [0.1, 0.15) is 16.1 Å². The molecule has 1 heterocycles. The minimum atomic E-state index is -0.358. The molecule has 0 aliphatic rings. The Morgan fingerprint density at radius 1 is 0.839 bits per heavy atom. The van der Waals surface area contributed by atoms with E-state index in [4.69, 9.17) is 0 Å². The number of amides is 3. The third-order valence-corrected chi connectivity index (χ3v) is 5.84. The van der Waals surface area contributed by atoms with Gasteiger partial charge < -0.3 is 20.5 Å². The molecule has 4 rings (SSSR count). The highest BCUT2D eigenvalue weighted by Gasteiger charge is 2.20. The zero-order valence-corrected chi connectivity index (χ0v) is 18.7. The van der Waals surface area contributed by atoms with E-state index in [0.717, 1.165) is 20.9 Å². The lowest BCUT2D eigenvalue weighted by Crippen LogP contribution is -2.20. The number of hydrogen-bond donors (Lipinski definition) is 3. The van der Waals surface area contributed by atoms with E-state index in [0.29, 0.717) is 22.8 Å². The van der Waals surface area contributed by atoms with E-state index in [9.17, 15) is 9.59 Å². The Morgan fingerprint density at radius 3 is 2.26 bits per heavy atom. The number of nitrogens with zero attached hydrogens (tertiary/aromatic N) is 1. The normalized spacial score (nSPS) is 10.7. The van der Waals surface area contributed by atoms with Crippen molar-refractivity contribution in [2.24, 2.45) is 7.05 Å². The van der Waals surface area contributed by atoms with Gasteiger partial charge in [0.25, 0.3) is 5.91 Å². The van der Waals surface area contributed by atoms with E-state index in [-0.39, 0.29) is 11.9 Å². The molecule has 0 saturated heterocycles. The van der Waals surface area contributed by atoms with Crippen LogP contribution in [0, 0.1) is 6.92 Å². The van der Waals surface area contributed by atoms with Crippen molar-refractivity contribution in [3.63, 3.8) is 0 Å². The number of rotatable bonds is 4. The number of urea groups is 1. The molecule has 0 aliphatic heterocycles. The van der Waals surface area contributed by atoms with E-state index in [2.05, 4.69) is 31.9 Å². The minimum absolute atomic E-state index is 0.237. The topological polar surface area (TPSA) is 75.2 Å². The first-order chi connectivity index (χ1) is 14.9. The number of benzene rings is 3. The maximum Gasteiger partial charge on any atom is 0.323 e. The van der Waals surface area contributed by atoms with Crippen molar-refractivity contribution in [2.45, 2.75) is 6.92 Å². The van der Waals surface area contributed by atoms with Crippen LogP contribution in [0.2, 0.25) is 0 Å². The molecule has 31 heavy (non-hydrogen) atoms. The van der Waals surface area contributed by atoms with Gasteiger partial charge in [0.2, 0.25) is 0 Å². The molecule has 7 heteroatoms. The molecule has 0 atom stereocenters. The standard InChI is InChI=1S/C24H21BrN4O2/c1-15-12-13-17(27-24(31)26-16-8-4-3-5-9-16)14-19(15)28-23(30)22-21(25)18-10-6-7-11-20(18)29(22)2/h3-14H,1-2H3,(H,28,30)(H2,26,27,31). The maximum atomic E-state index is 13.1. The van der Waals surface area contributed by atoms with Crippen LogP contribution in [0.5, 0.6) is 0 Å². The van der Waals surface area contributed by atoms with Crippen molar-refractivity contribution in [2.75, 3.05) is 16.0 Å². The predicted molar refractivity (Wildman–Crippen MR) is 129 cm³/mol. The summed E-state index contributed by atoms with van der Waals surface area (Å²) < 4.78 is 2.61. The third kappa shape index (κ3) is 4.32. The van der Waals surface area contributed by atoms with Gasteiger partial charge in [-0.15, -0.1) is 0 Å². The fourth-order valence-electron chi connectivity index (χ4n) is 3.43. The lowest BCUT2D eigenvalue weighted by atomic mass is 10.1. The van der Waals surface area contributed by atoms with Gasteiger partial charge in [-0.2, -0.15) is 0 Å². The van der Waals surface area contributed by atoms with Gasteiger partial charge >= 0.3 is 6.03 Å². The van der Waals surface area contributed by atoms with Crippen molar-refractivity contribution >= 4 is 55.8 Å². The van der Waals surface area contributed by atoms with E-state index in [1.165, 1.54) is 0 Å². The summed E-state index contributed by atoms with van der Waals surface area (Å²) in [5.41, 5.74) is 4.27. The number of hydrogen-bond acceptors (Lipinski definition) is 2. The maximum absolute atomic E-state index is 13.1.